The van der Waals surface area contributed by atoms with Gasteiger partial charge in [0.25, 0.3) is 0 Å². The fraction of sp³-hybridized carbons (Fsp3) is 0.143. The van der Waals surface area contributed by atoms with Crippen molar-refractivity contribution in [3.63, 3.8) is 0 Å². The molecule has 0 spiro atoms. The monoisotopic (exact) mass is 434 g/mol. The average molecular weight is 436 g/mol. The lowest BCUT2D eigenvalue weighted by molar-refractivity contribution is 0.189. The summed E-state index contributed by atoms with van der Waals surface area (Å²) < 4.78 is 27.7. The lowest BCUT2D eigenvalue weighted by Gasteiger charge is -2.18. The molecule has 4 nitrogen and oxygen atoms in total. The first-order valence-electron chi connectivity index (χ1n) is 6.11. The zero-order valence-electron chi connectivity index (χ0n) is 11.0. The second kappa shape index (κ2) is 7.15. The summed E-state index contributed by atoms with van der Waals surface area (Å²) in [7, 11) is 0. The van der Waals surface area contributed by atoms with Crippen LogP contribution in [-0.2, 0) is 6.42 Å². The van der Waals surface area contributed by atoms with Crippen molar-refractivity contribution in [1.82, 2.24) is 10.3 Å². The van der Waals surface area contributed by atoms with Gasteiger partial charge in [-0.1, -0.05) is 0 Å². The Hall–Kier alpha value is -1.54. The van der Waals surface area contributed by atoms with E-state index in [2.05, 4.69) is 42.2 Å². The van der Waals surface area contributed by atoms with Crippen molar-refractivity contribution in [1.29, 1.82) is 0 Å². The predicted octanol–water partition coefficient (Wildman–Crippen LogP) is 4.44. The number of amides is 1. The largest absolute Gasteiger partial charge is 0.465 e. The van der Waals surface area contributed by atoms with Crippen molar-refractivity contribution in [2.75, 3.05) is 0 Å². The minimum Gasteiger partial charge on any atom is -0.465 e. The molecule has 0 bridgehead atoms. The van der Waals surface area contributed by atoms with Crippen LogP contribution in [0.1, 0.15) is 17.3 Å². The Balaban J connectivity index is 2.37. The van der Waals surface area contributed by atoms with E-state index >= 15 is 0 Å². The first-order valence-corrected chi connectivity index (χ1v) is 7.70. The third-order valence-electron chi connectivity index (χ3n) is 2.83. The lowest BCUT2D eigenvalue weighted by atomic mass is 10.0. The van der Waals surface area contributed by atoms with Gasteiger partial charge in [0.15, 0.2) is 0 Å². The second-order valence-corrected chi connectivity index (χ2v) is 6.15. The molecule has 0 aliphatic carbocycles. The molecule has 0 saturated carbocycles. The molecular weight excluding hydrogens is 426 g/mol. The molecule has 2 rings (SSSR count). The highest BCUT2D eigenvalue weighted by Crippen LogP contribution is 2.27. The van der Waals surface area contributed by atoms with E-state index < -0.39 is 23.8 Å². The maximum Gasteiger partial charge on any atom is 0.405 e. The first-order chi connectivity index (χ1) is 10.3. The van der Waals surface area contributed by atoms with Gasteiger partial charge in [-0.3, -0.25) is 0 Å². The van der Waals surface area contributed by atoms with Crippen molar-refractivity contribution in [2.45, 2.75) is 12.5 Å². The molecule has 1 atom stereocenters. The highest BCUT2D eigenvalue weighted by molar-refractivity contribution is 9.11. The minimum absolute atomic E-state index is 0.0586. The third kappa shape index (κ3) is 4.48. The van der Waals surface area contributed by atoms with Gasteiger partial charge in [-0.05, 0) is 68.1 Å². The summed E-state index contributed by atoms with van der Waals surface area (Å²) in [5.74, 6) is -1.43. The van der Waals surface area contributed by atoms with Gasteiger partial charge in [-0.25, -0.2) is 18.6 Å². The highest BCUT2D eigenvalue weighted by atomic mass is 79.9. The van der Waals surface area contributed by atoms with E-state index in [4.69, 9.17) is 5.11 Å². The van der Waals surface area contributed by atoms with Crippen LogP contribution in [0.4, 0.5) is 13.6 Å². The van der Waals surface area contributed by atoms with Crippen LogP contribution >= 0.6 is 31.9 Å². The van der Waals surface area contributed by atoms with Crippen molar-refractivity contribution < 1.29 is 18.7 Å². The van der Waals surface area contributed by atoms with Gasteiger partial charge in [-0.2, -0.15) is 0 Å². The van der Waals surface area contributed by atoms with E-state index in [9.17, 15) is 13.6 Å². The molecule has 8 heteroatoms. The summed E-state index contributed by atoms with van der Waals surface area (Å²) in [4.78, 5) is 15.2. The number of pyridine rings is 1. The van der Waals surface area contributed by atoms with Crippen molar-refractivity contribution >= 4 is 38.0 Å². The van der Waals surface area contributed by atoms with Gasteiger partial charge >= 0.3 is 6.09 Å². The molecule has 1 aromatic carbocycles. The minimum atomic E-state index is -1.25. The number of aromatic nitrogens is 1. The maximum atomic E-state index is 13.3. The van der Waals surface area contributed by atoms with Crippen LogP contribution in [0.25, 0.3) is 0 Å². The van der Waals surface area contributed by atoms with E-state index in [1.54, 1.807) is 12.1 Å². The summed E-state index contributed by atoms with van der Waals surface area (Å²) in [5.41, 5.74) is 0.742. The first kappa shape index (κ1) is 16.8. The summed E-state index contributed by atoms with van der Waals surface area (Å²) in [6.07, 6.45) is -1.20. The SMILES string of the molecule is O=C(O)NC(Cc1cc(F)cc(F)c1)c1nc(Br)ccc1Br. The number of rotatable bonds is 4. The van der Waals surface area contributed by atoms with Crippen molar-refractivity contribution in [2.24, 2.45) is 0 Å². The number of hydrogen-bond donors (Lipinski definition) is 2. The number of hydrogen-bond acceptors (Lipinski definition) is 2. The summed E-state index contributed by atoms with van der Waals surface area (Å²) in [5, 5.41) is 11.3. The molecule has 22 heavy (non-hydrogen) atoms. The summed E-state index contributed by atoms with van der Waals surface area (Å²) >= 11 is 6.51. The summed E-state index contributed by atoms with van der Waals surface area (Å²) in [6, 6.07) is 5.71. The van der Waals surface area contributed by atoms with E-state index in [0.717, 1.165) is 18.2 Å². The van der Waals surface area contributed by atoms with Crippen molar-refractivity contribution in [3.8, 4) is 0 Å². The van der Waals surface area contributed by atoms with E-state index in [1.807, 2.05) is 0 Å². The summed E-state index contributed by atoms with van der Waals surface area (Å²) in [6.45, 7) is 0. The Labute approximate surface area is 141 Å². The standard InChI is InChI=1S/C14H10Br2F2N2O2/c15-10-1-2-12(16)20-13(10)11(19-14(21)22)5-7-3-8(17)6-9(18)4-7/h1-4,6,11,19H,5H2,(H,21,22). The number of carbonyl (C=O) groups is 1. The maximum absolute atomic E-state index is 13.3. The van der Waals surface area contributed by atoms with Gasteiger partial charge in [0.1, 0.15) is 16.2 Å². The molecule has 1 unspecified atom stereocenters. The molecule has 1 amide bonds. The van der Waals surface area contributed by atoms with E-state index in [1.165, 1.54) is 0 Å². The van der Waals surface area contributed by atoms with Crippen LogP contribution in [0.2, 0.25) is 0 Å². The lowest BCUT2D eigenvalue weighted by Crippen LogP contribution is -2.29. The molecule has 2 N–H and O–H groups in total. The fourth-order valence-electron chi connectivity index (χ4n) is 2.01. The molecule has 116 valence electrons. The number of benzene rings is 1. The molecule has 0 aliphatic rings. The fourth-order valence-corrected chi connectivity index (χ4v) is 2.83. The van der Waals surface area contributed by atoms with E-state index in [-0.39, 0.29) is 6.42 Å². The molecule has 1 aromatic heterocycles. The normalized spacial score (nSPS) is 12.0. The Bertz CT molecular complexity index is 693. The van der Waals surface area contributed by atoms with Crippen LogP contribution in [0.15, 0.2) is 39.4 Å². The topological polar surface area (TPSA) is 62.2 Å². The number of nitrogens with zero attached hydrogens (tertiary/aromatic N) is 1. The number of halogens is 4. The van der Waals surface area contributed by atoms with Gasteiger partial charge < -0.3 is 10.4 Å². The van der Waals surface area contributed by atoms with Gasteiger partial charge in [0.05, 0.1) is 11.7 Å². The molecule has 1 heterocycles. The van der Waals surface area contributed by atoms with Crippen LogP contribution in [0.5, 0.6) is 0 Å². The quantitative estimate of drug-likeness (QED) is 0.698. The predicted molar refractivity (Wildman–Crippen MR) is 83.6 cm³/mol. The number of nitrogens with one attached hydrogen (secondary N) is 1. The Morgan fingerprint density at radius 1 is 1.23 bits per heavy atom. The zero-order chi connectivity index (χ0) is 16.3. The van der Waals surface area contributed by atoms with Crippen LogP contribution in [-0.4, -0.2) is 16.2 Å². The average Bonchev–Trinajstić information content (AvgIpc) is 2.39. The smallest absolute Gasteiger partial charge is 0.405 e. The molecule has 0 aliphatic heterocycles. The Morgan fingerprint density at radius 3 is 2.45 bits per heavy atom. The zero-order valence-corrected chi connectivity index (χ0v) is 14.2. The molecule has 0 saturated heterocycles. The second-order valence-electron chi connectivity index (χ2n) is 4.48. The van der Waals surface area contributed by atoms with Crippen LogP contribution < -0.4 is 5.32 Å². The van der Waals surface area contributed by atoms with E-state index in [0.29, 0.717) is 20.3 Å². The van der Waals surface area contributed by atoms with Crippen LogP contribution in [0, 0.1) is 11.6 Å². The van der Waals surface area contributed by atoms with Gasteiger partial charge in [-0.15, -0.1) is 0 Å². The molecular formula is C14H10Br2F2N2O2. The Morgan fingerprint density at radius 2 is 1.86 bits per heavy atom. The number of carboxylic acid groups (broad SMARTS) is 1. The van der Waals surface area contributed by atoms with Gasteiger partial charge in [0.2, 0.25) is 0 Å². The van der Waals surface area contributed by atoms with Crippen LogP contribution in [0.3, 0.4) is 0 Å². The molecule has 0 fully saturated rings. The highest BCUT2D eigenvalue weighted by Gasteiger charge is 2.20. The third-order valence-corrected chi connectivity index (χ3v) is 3.94. The Kier molecular flexibility index (Phi) is 5.47. The van der Waals surface area contributed by atoms with Crippen molar-refractivity contribution in [3.05, 3.63) is 62.3 Å². The molecule has 2 aromatic rings. The van der Waals surface area contributed by atoms with Gasteiger partial charge in [0, 0.05) is 10.5 Å². The molecule has 0 radical (unpaired) electrons.